The second kappa shape index (κ2) is 5.86. The third-order valence-electron chi connectivity index (χ3n) is 3.63. The van der Waals surface area contributed by atoms with Gasteiger partial charge in [-0.1, -0.05) is 42.0 Å². The van der Waals surface area contributed by atoms with Crippen molar-refractivity contribution in [1.29, 1.82) is 0 Å². The van der Waals surface area contributed by atoms with Gasteiger partial charge in [0.2, 0.25) is 11.9 Å². The van der Waals surface area contributed by atoms with Gasteiger partial charge in [0.1, 0.15) is 6.04 Å². The van der Waals surface area contributed by atoms with Crippen LogP contribution in [0.1, 0.15) is 31.7 Å². The molecule has 1 N–H and O–H groups in total. The van der Waals surface area contributed by atoms with Crippen LogP contribution in [0.2, 0.25) is 0 Å². The van der Waals surface area contributed by atoms with Crippen molar-refractivity contribution in [3.8, 4) is 0 Å². The molecule has 0 radical (unpaired) electrons. The maximum absolute atomic E-state index is 11.5. The minimum absolute atomic E-state index is 0.215. The largest absolute Gasteiger partial charge is 0.343 e. The Hall–Kier alpha value is -2.17. The molecule has 0 spiro atoms. The van der Waals surface area contributed by atoms with E-state index in [1.54, 1.807) is 6.08 Å². The highest BCUT2D eigenvalue weighted by Crippen LogP contribution is 2.34. The van der Waals surface area contributed by atoms with Gasteiger partial charge in [-0.2, -0.15) is 0 Å². The molecule has 2 rings (SSSR count). The van der Waals surface area contributed by atoms with Gasteiger partial charge >= 0.3 is 0 Å². The first-order valence-corrected chi connectivity index (χ1v) is 6.62. The van der Waals surface area contributed by atoms with Crippen LogP contribution < -0.4 is 5.32 Å². The Morgan fingerprint density at radius 3 is 2.55 bits per heavy atom. The van der Waals surface area contributed by atoms with Crippen LogP contribution in [0.3, 0.4) is 0 Å². The molecule has 20 heavy (non-hydrogen) atoms. The summed E-state index contributed by atoms with van der Waals surface area (Å²) in [5.74, 6) is -0.465. The van der Waals surface area contributed by atoms with Crippen molar-refractivity contribution in [2.24, 2.45) is 0 Å². The Kier molecular flexibility index (Phi) is 4.17. The molecule has 1 aliphatic rings. The van der Waals surface area contributed by atoms with E-state index in [1.807, 2.05) is 37.3 Å². The van der Waals surface area contributed by atoms with E-state index in [-0.39, 0.29) is 16.7 Å². The summed E-state index contributed by atoms with van der Waals surface area (Å²) in [7, 11) is 0. The molecule has 3 atom stereocenters. The van der Waals surface area contributed by atoms with Crippen molar-refractivity contribution in [2.45, 2.75) is 38.3 Å². The molecule has 0 saturated carbocycles. The Labute approximate surface area is 117 Å². The summed E-state index contributed by atoms with van der Waals surface area (Å²) >= 11 is 0. The van der Waals surface area contributed by atoms with Crippen LogP contribution in [0.4, 0.5) is 0 Å². The average molecular weight is 274 g/mol. The van der Waals surface area contributed by atoms with Gasteiger partial charge in [-0.3, -0.25) is 14.9 Å². The van der Waals surface area contributed by atoms with Crippen LogP contribution in [0.5, 0.6) is 0 Å². The third-order valence-corrected chi connectivity index (χ3v) is 3.63. The second-order valence-electron chi connectivity index (χ2n) is 5.24. The van der Waals surface area contributed by atoms with Gasteiger partial charge in [-0.25, -0.2) is 0 Å². The SMILES string of the molecule is CC(=O)N[C@H]1C=C(C)C[C@@H](c2ccccc2)[C@@H]1[N+](=O)[O-]. The smallest absolute Gasteiger partial charge is 0.243 e. The highest BCUT2D eigenvalue weighted by atomic mass is 16.6. The molecule has 1 aromatic carbocycles. The maximum atomic E-state index is 11.5. The summed E-state index contributed by atoms with van der Waals surface area (Å²) in [6, 6.07) is 8.09. The van der Waals surface area contributed by atoms with Gasteiger partial charge in [-0.15, -0.1) is 0 Å². The fourth-order valence-corrected chi connectivity index (χ4v) is 2.85. The summed E-state index contributed by atoms with van der Waals surface area (Å²) in [5, 5.41) is 14.1. The molecule has 0 aliphatic heterocycles. The van der Waals surface area contributed by atoms with Crippen LogP contribution in [0.25, 0.3) is 0 Å². The predicted octanol–water partition coefficient (Wildman–Crippen LogP) is 2.27. The number of nitro groups is 1. The number of carbonyl (C=O) groups is 1. The third kappa shape index (κ3) is 3.04. The highest BCUT2D eigenvalue weighted by molar-refractivity contribution is 5.73. The van der Waals surface area contributed by atoms with Gasteiger partial charge in [0.25, 0.3) is 0 Å². The molecule has 5 heteroatoms. The zero-order valence-corrected chi connectivity index (χ0v) is 11.6. The number of hydrogen-bond acceptors (Lipinski definition) is 3. The number of hydrogen-bond donors (Lipinski definition) is 1. The van der Waals surface area contributed by atoms with E-state index in [0.29, 0.717) is 6.42 Å². The Bertz CT molecular complexity index is 539. The maximum Gasteiger partial charge on any atom is 0.243 e. The normalized spacial score (nSPS) is 25.7. The first-order chi connectivity index (χ1) is 9.49. The Morgan fingerprint density at radius 2 is 2.00 bits per heavy atom. The van der Waals surface area contributed by atoms with E-state index >= 15 is 0 Å². The molecular formula is C15H18N2O3. The first-order valence-electron chi connectivity index (χ1n) is 6.62. The number of nitrogens with one attached hydrogen (secondary N) is 1. The molecule has 0 fully saturated rings. The number of amides is 1. The van der Waals surface area contributed by atoms with E-state index < -0.39 is 12.1 Å². The standard InChI is InChI=1S/C15H18N2O3/c1-10-8-13(12-6-4-3-5-7-12)15(17(19)20)14(9-10)16-11(2)18/h3-7,9,13-15H,8H2,1-2H3,(H,16,18)/t13-,14-,15-/m0/s1. The van der Waals surface area contributed by atoms with E-state index in [9.17, 15) is 14.9 Å². The summed E-state index contributed by atoms with van der Waals surface area (Å²) < 4.78 is 0. The van der Waals surface area contributed by atoms with Crippen molar-refractivity contribution in [2.75, 3.05) is 0 Å². The van der Waals surface area contributed by atoms with Gasteiger partial charge < -0.3 is 5.32 Å². The lowest BCUT2D eigenvalue weighted by Crippen LogP contribution is -2.50. The number of benzene rings is 1. The topological polar surface area (TPSA) is 72.2 Å². The second-order valence-corrected chi connectivity index (χ2v) is 5.24. The Balaban J connectivity index is 2.38. The van der Waals surface area contributed by atoms with E-state index in [4.69, 9.17) is 0 Å². The minimum Gasteiger partial charge on any atom is -0.343 e. The summed E-state index contributed by atoms with van der Waals surface area (Å²) in [6.45, 7) is 3.33. The summed E-state index contributed by atoms with van der Waals surface area (Å²) in [5.41, 5.74) is 2.01. The predicted molar refractivity (Wildman–Crippen MR) is 75.9 cm³/mol. The fourth-order valence-electron chi connectivity index (χ4n) is 2.85. The van der Waals surface area contributed by atoms with Gasteiger partial charge in [0.15, 0.2) is 0 Å². The quantitative estimate of drug-likeness (QED) is 0.522. The van der Waals surface area contributed by atoms with Crippen molar-refractivity contribution >= 4 is 5.91 Å². The number of carbonyl (C=O) groups excluding carboxylic acids is 1. The average Bonchev–Trinajstić information content (AvgIpc) is 2.37. The summed E-state index contributed by atoms with van der Waals surface area (Å²) in [6.07, 6.45) is 2.44. The highest BCUT2D eigenvalue weighted by Gasteiger charge is 2.42. The molecule has 1 aliphatic carbocycles. The van der Waals surface area contributed by atoms with Crippen LogP contribution >= 0.6 is 0 Å². The molecule has 0 unspecified atom stereocenters. The first kappa shape index (κ1) is 14.2. The number of allylic oxidation sites excluding steroid dienone is 1. The van der Waals surface area contributed by atoms with Crippen molar-refractivity contribution < 1.29 is 9.72 Å². The van der Waals surface area contributed by atoms with E-state index in [2.05, 4.69) is 5.32 Å². The molecule has 0 saturated heterocycles. The van der Waals surface area contributed by atoms with Crippen molar-refractivity contribution in [3.63, 3.8) is 0 Å². The van der Waals surface area contributed by atoms with Crippen LogP contribution in [-0.4, -0.2) is 22.9 Å². The molecule has 1 aromatic rings. The molecule has 0 heterocycles. The zero-order valence-electron chi connectivity index (χ0n) is 11.6. The lowest BCUT2D eigenvalue weighted by Gasteiger charge is -2.31. The van der Waals surface area contributed by atoms with Crippen LogP contribution in [0, 0.1) is 10.1 Å². The molecule has 0 bridgehead atoms. The monoisotopic (exact) mass is 274 g/mol. The van der Waals surface area contributed by atoms with E-state index in [1.165, 1.54) is 6.92 Å². The van der Waals surface area contributed by atoms with Gasteiger partial charge in [0.05, 0.1) is 5.92 Å². The number of rotatable bonds is 3. The molecule has 0 aromatic heterocycles. The van der Waals surface area contributed by atoms with Crippen molar-refractivity contribution in [3.05, 3.63) is 57.7 Å². The fraction of sp³-hybridized carbons (Fsp3) is 0.400. The lowest BCUT2D eigenvalue weighted by molar-refractivity contribution is -0.529. The van der Waals surface area contributed by atoms with Gasteiger partial charge in [-0.05, 0) is 18.9 Å². The Morgan fingerprint density at radius 1 is 1.35 bits per heavy atom. The van der Waals surface area contributed by atoms with Crippen molar-refractivity contribution in [1.82, 2.24) is 5.32 Å². The zero-order chi connectivity index (χ0) is 14.7. The van der Waals surface area contributed by atoms with E-state index in [0.717, 1.165) is 11.1 Å². The van der Waals surface area contributed by atoms with Crippen LogP contribution in [-0.2, 0) is 4.79 Å². The number of nitrogens with zero attached hydrogens (tertiary/aromatic N) is 1. The molecule has 5 nitrogen and oxygen atoms in total. The molecule has 106 valence electrons. The minimum atomic E-state index is -0.829. The molecular weight excluding hydrogens is 256 g/mol. The molecule has 1 amide bonds. The summed E-state index contributed by atoms with van der Waals surface area (Å²) in [4.78, 5) is 22.5. The lowest BCUT2D eigenvalue weighted by atomic mass is 9.78. The van der Waals surface area contributed by atoms with Crippen LogP contribution in [0.15, 0.2) is 42.0 Å². The van der Waals surface area contributed by atoms with Gasteiger partial charge in [0, 0.05) is 11.8 Å².